The third-order valence-electron chi connectivity index (χ3n) is 3.68. The van der Waals surface area contributed by atoms with E-state index >= 15 is 0 Å². The maximum absolute atomic E-state index is 11.9. The molecule has 0 unspecified atom stereocenters. The Kier molecular flexibility index (Phi) is 3.92. The van der Waals surface area contributed by atoms with Crippen LogP contribution in [0.3, 0.4) is 0 Å². The van der Waals surface area contributed by atoms with Crippen LogP contribution < -0.4 is 10.9 Å². The Labute approximate surface area is 127 Å². The first-order chi connectivity index (χ1) is 10.1. The van der Waals surface area contributed by atoms with Crippen molar-refractivity contribution in [3.8, 4) is 0 Å². The average molecular weight is 306 g/mol. The molecule has 1 heterocycles. The molecule has 2 amide bonds. The molecule has 0 aliphatic heterocycles. The molecular weight excluding hydrogens is 290 g/mol. The van der Waals surface area contributed by atoms with Gasteiger partial charge in [0.1, 0.15) is 5.15 Å². The maximum atomic E-state index is 11.9. The van der Waals surface area contributed by atoms with Crippen molar-refractivity contribution in [2.75, 3.05) is 0 Å². The number of nitrogens with one attached hydrogen (secondary N) is 2. The van der Waals surface area contributed by atoms with Gasteiger partial charge in [-0.3, -0.25) is 20.4 Å². The largest absolute Gasteiger partial charge is 0.271 e. The summed E-state index contributed by atoms with van der Waals surface area (Å²) in [7, 11) is 0. The van der Waals surface area contributed by atoms with Gasteiger partial charge in [0.15, 0.2) is 0 Å². The van der Waals surface area contributed by atoms with Crippen molar-refractivity contribution >= 4 is 23.4 Å². The molecule has 0 aromatic carbocycles. The summed E-state index contributed by atoms with van der Waals surface area (Å²) in [5.41, 5.74) is 6.38. The highest BCUT2D eigenvalue weighted by Crippen LogP contribution is 2.48. The van der Waals surface area contributed by atoms with Crippen LogP contribution >= 0.6 is 11.6 Å². The summed E-state index contributed by atoms with van der Waals surface area (Å²) >= 11 is 5.65. The minimum Gasteiger partial charge on any atom is -0.268 e. The molecule has 0 atom stereocenters. The van der Waals surface area contributed by atoms with Gasteiger partial charge in [0.2, 0.25) is 0 Å². The van der Waals surface area contributed by atoms with E-state index in [1.54, 1.807) is 12.1 Å². The minimum absolute atomic E-state index is 0.279. The molecule has 2 saturated carbocycles. The molecule has 2 N–H and O–H groups in total. The molecule has 3 rings (SSSR count). The van der Waals surface area contributed by atoms with Gasteiger partial charge in [-0.05, 0) is 49.7 Å². The van der Waals surface area contributed by atoms with Crippen molar-refractivity contribution in [2.24, 2.45) is 11.8 Å². The number of halogens is 1. The zero-order chi connectivity index (χ0) is 14.8. The van der Waals surface area contributed by atoms with Gasteiger partial charge in [-0.25, -0.2) is 4.98 Å². The van der Waals surface area contributed by atoms with Crippen molar-refractivity contribution < 1.29 is 9.59 Å². The SMILES string of the molecule is O=C(C=C(C1CC1)C1CC1)NNC(=O)c1ccc(Cl)nc1. The molecule has 5 nitrogen and oxygen atoms in total. The highest BCUT2D eigenvalue weighted by molar-refractivity contribution is 6.29. The molecule has 2 aliphatic rings. The molecule has 1 aromatic heterocycles. The summed E-state index contributed by atoms with van der Waals surface area (Å²) in [4.78, 5) is 27.5. The average Bonchev–Trinajstić information content (AvgIpc) is 3.36. The van der Waals surface area contributed by atoms with Crippen LogP contribution in [0, 0.1) is 11.8 Å². The fraction of sp³-hybridized carbons (Fsp3) is 0.400. The molecule has 0 bridgehead atoms. The summed E-state index contributed by atoms with van der Waals surface area (Å²) < 4.78 is 0. The number of pyridine rings is 1. The Hall–Kier alpha value is -1.88. The third kappa shape index (κ3) is 3.82. The van der Waals surface area contributed by atoms with Crippen molar-refractivity contribution in [1.29, 1.82) is 0 Å². The monoisotopic (exact) mass is 305 g/mol. The van der Waals surface area contributed by atoms with E-state index < -0.39 is 5.91 Å². The number of hydrazine groups is 1. The number of aromatic nitrogens is 1. The van der Waals surface area contributed by atoms with Crippen LogP contribution in [-0.4, -0.2) is 16.8 Å². The lowest BCUT2D eigenvalue weighted by molar-refractivity contribution is -0.117. The van der Waals surface area contributed by atoms with Gasteiger partial charge >= 0.3 is 0 Å². The first-order valence-corrected chi connectivity index (χ1v) is 7.44. The van der Waals surface area contributed by atoms with Crippen LogP contribution in [0.5, 0.6) is 0 Å². The zero-order valence-corrected chi connectivity index (χ0v) is 12.2. The van der Waals surface area contributed by atoms with Gasteiger partial charge in [0, 0.05) is 12.3 Å². The molecule has 0 saturated heterocycles. The quantitative estimate of drug-likeness (QED) is 0.509. The molecule has 110 valence electrons. The molecule has 1 aromatic rings. The number of hydrogen-bond acceptors (Lipinski definition) is 3. The highest BCUT2D eigenvalue weighted by Gasteiger charge is 2.36. The second-order valence-corrected chi connectivity index (χ2v) is 5.89. The van der Waals surface area contributed by atoms with E-state index in [0.29, 0.717) is 22.6 Å². The first-order valence-electron chi connectivity index (χ1n) is 7.07. The standard InChI is InChI=1S/C15H16ClN3O2/c16-13-6-5-11(8-17-13)15(21)19-18-14(20)7-12(9-1-2-9)10-3-4-10/h5-10H,1-4H2,(H,18,20)(H,19,21). The van der Waals surface area contributed by atoms with Gasteiger partial charge in [-0.15, -0.1) is 0 Å². The van der Waals surface area contributed by atoms with E-state index in [0.717, 1.165) is 0 Å². The highest BCUT2D eigenvalue weighted by atomic mass is 35.5. The van der Waals surface area contributed by atoms with Crippen LogP contribution in [0.4, 0.5) is 0 Å². The second-order valence-electron chi connectivity index (χ2n) is 5.51. The Morgan fingerprint density at radius 1 is 1.14 bits per heavy atom. The Morgan fingerprint density at radius 2 is 1.81 bits per heavy atom. The first kappa shape index (κ1) is 14.1. The van der Waals surface area contributed by atoms with Crippen LogP contribution in [0.25, 0.3) is 0 Å². The lowest BCUT2D eigenvalue weighted by Crippen LogP contribution is -2.41. The van der Waals surface area contributed by atoms with E-state index in [4.69, 9.17) is 11.6 Å². The topological polar surface area (TPSA) is 71.1 Å². The summed E-state index contributed by atoms with van der Waals surface area (Å²) in [5.74, 6) is 0.471. The number of nitrogens with zero attached hydrogens (tertiary/aromatic N) is 1. The number of allylic oxidation sites excluding steroid dienone is 1. The van der Waals surface area contributed by atoms with Gasteiger partial charge in [0.05, 0.1) is 5.56 Å². The number of hydrogen-bond donors (Lipinski definition) is 2. The minimum atomic E-state index is -0.416. The molecular formula is C15H16ClN3O2. The fourth-order valence-electron chi connectivity index (χ4n) is 2.29. The van der Waals surface area contributed by atoms with Gasteiger partial charge in [-0.2, -0.15) is 0 Å². The Morgan fingerprint density at radius 3 is 2.33 bits per heavy atom. The van der Waals surface area contributed by atoms with E-state index in [1.165, 1.54) is 43.5 Å². The van der Waals surface area contributed by atoms with Gasteiger partial charge in [0.25, 0.3) is 11.8 Å². The Bertz CT molecular complexity index is 575. The van der Waals surface area contributed by atoms with Crippen molar-refractivity contribution in [2.45, 2.75) is 25.7 Å². The molecule has 0 radical (unpaired) electrons. The van der Waals surface area contributed by atoms with E-state index in [-0.39, 0.29) is 5.91 Å². The summed E-state index contributed by atoms with van der Waals surface area (Å²) in [6.07, 6.45) is 7.73. The fourth-order valence-corrected chi connectivity index (χ4v) is 2.40. The van der Waals surface area contributed by atoms with E-state index in [2.05, 4.69) is 15.8 Å². The van der Waals surface area contributed by atoms with Crippen LogP contribution in [0.1, 0.15) is 36.0 Å². The summed E-state index contributed by atoms with van der Waals surface area (Å²) in [6, 6.07) is 3.07. The van der Waals surface area contributed by atoms with E-state index in [9.17, 15) is 9.59 Å². The normalized spacial score (nSPS) is 17.0. The number of amides is 2. The predicted octanol–water partition coefficient (Wildman–Crippen LogP) is 2.24. The zero-order valence-electron chi connectivity index (χ0n) is 11.4. The van der Waals surface area contributed by atoms with Crippen LogP contribution in [0.2, 0.25) is 5.15 Å². The number of carbonyl (C=O) groups excluding carboxylic acids is 2. The second kappa shape index (κ2) is 5.85. The molecule has 6 heteroatoms. The van der Waals surface area contributed by atoms with Gasteiger partial charge < -0.3 is 0 Å². The van der Waals surface area contributed by atoms with Crippen molar-refractivity contribution in [3.63, 3.8) is 0 Å². The Balaban J connectivity index is 1.54. The number of carbonyl (C=O) groups is 2. The van der Waals surface area contributed by atoms with Crippen LogP contribution in [0.15, 0.2) is 30.0 Å². The lowest BCUT2D eigenvalue weighted by Gasteiger charge is -2.07. The maximum Gasteiger partial charge on any atom is 0.271 e. The van der Waals surface area contributed by atoms with Crippen LogP contribution in [-0.2, 0) is 4.79 Å². The van der Waals surface area contributed by atoms with E-state index in [1.807, 2.05) is 0 Å². The molecule has 21 heavy (non-hydrogen) atoms. The lowest BCUT2D eigenvalue weighted by atomic mass is 10.1. The van der Waals surface area contributed by atoms with Gasteiger partial charge in [-0.1, -0.05) is 17.2 Å². The molecule has 2 aliphatic carbocycles. The van der Waals surface area contributed by atoms with Crippen molar-refractivity contribution in [1.82, 2.24) is 15.8 Å². The third-order valence-corrected chi connectivity index (χ3v) is 3.91. The summed E-state index contributed by atoms with van der Waals surface area (Å²) in [5, 5.41) is 0.317. The van der Waals surface area contributed by atoms with Crippen molar-refractivity contribution in [3.05, 3.63) is 40.7 Å². The molecule has 2 fully saturated rings. The predicted molar refractivity (Wildman–Crippen MR) is 78.4 cm³/mol. The summed E-state index contributed by atoms with van der Waals surface area (Å²) in [6.45, 7) is 0. The number of rotatable bonds is 4. The smallest absolute Gasteiger partial charge is 0.268 e. The molecule has 0 spiro atoms.